The number of fused-ring (bicyclic) bond motifs is 1. The molecule has 2 aromatic rings. The van der Waals surface area contributed by atoms with Crippen LogP contribution < -0.4 is 10.1 Å². The number of aryl methyl sites for hydroxylation is 1. The maximum atomic E-state index is 12.5. The van der Waals surface area contributed by atoms with Gasteiger partial charge in [0.05, 0.1) is 19.2 Å². The van der Waals surface area contributed by atoms with E-state index in [4.69, 9.17) is 9.47 Å². The third kappa shape index (κ3) is 4.94. The number of anilines is 1. The Morgan fingerprint density at radius 3 is 2.90 bits per heavy atom. The number of nitrogens with one attached hydrogen (secondary N) is 1. The molecule has 0 radical (unpaired) electrons. The van der Waals surface area contributed by atoms with E-state index in [-0.39, 0.29) is 18.4 Å². The van der Waals surface area contributed by atoms with Crippen molar-refractivity contribution in [2.45, 2.75) is 25.8 Å². The quantitative estimate of drug-likeness (QED) is 0.754. The minimum Gasteiger partial charge on any atom is -0.497 e. The van der Waals surface area contributed by atoms with Crippen molar-refractivity contribution in [3.8, 4) is 11.8 Å². The van der Waals surface area contributed by atoms with Gasteiger partial charge in [0.15, 0.2) is 0 Å². The summed E-state index contributed by atoms with van der Waals surface area (Å²) in [6.07, 6.45) is 1.48. The third-order valence-corrected chi connectivity index (χ3v) is 5.95. The Kier molecular flexibility index (Phi) is 6.86. The Bertz CT molecular complexity index is 948. The fourth-order valence-corrected chi connectivity index (χ4v) is 4.54. The van der Waals surface area contributed by atoms with Crippen LogP contribution in [0.15, 0.2) is 24.3 Å². The molecule has 0 saturated carbocycles. The Balaban J connectivity index is 1.66. The fourth-order valence-electron chi connectivity index (χ4n) is 3.31. The van der Waals surface area contributed by atoms with Crippen LogP contribution in [0.4, 0.5) is 5.00 Å². The van der Waals surface area contributed by atoms with Gasteiger partial charge in [0.25, 0.3) is 0 Å². The van der Waals surface area contributed by atoms with Crippen LogP contribution in [0.1, 0.15) is 28.0 Å². The molecule has 7 nitrogen and oxygen atoms in total. The van der Waals surface area contributed by atoms with Gasteiger partial charge in [-0.05, 0) is 36.1 Å². The first kappa shape index (κ1) is 20.8. The van der Waals surface area contributed by atoms with Gasteiger partial charge in [-0.3, -0.25) is 9.59 Å². The highest BCUT2D eigenvalue weighted by Gasteiger charge is 2.27. The minimum atomic E-state index is -0.143. The predicted molar refractivity (Wildman–Crippen MR) is 110 cm³/mol. The molecule has 0 unspecified atom stereocenters. The van der Waals surface area contributed by atoms with Gasteiger partial charge in [-0.25, -0.2) is 0 Å². The Morgan fingerprint density at radius 1 is 1.34 bits per heavy atom. The van der Waals surface area contributed by atoms with Gasteiger partial charge in [-0.1, -0.05) is 12.1 Å². The van der Waals surface area contributed by atoms with Gasteiger partial charge in [-0.15, -0.1) is 11.3 Å². The highest BCUT2D eigenvalue weighted by atomic mass is 32.1. The van der Waals surface area contributed by atoms with Crippen molar-refractivity contribution in [1.82, 2.24) is 4.90 Å². The second-order valence-electron chi connectivity index (χ2n) is 6.72. The van der Waals surface area contributed by atoms with Crippen molar-refractivity contribution in [3.05, 3.63) is 45.8 Å². The number of thiophene rings is 1. The number of nitriles is 1. The van der Waals surface area contributed by atoms with Crippen molar-refractivity contribution >= 4 is 28.2 Å². The molecule has 8 heteroatoms. The number of hydrogen-bond donors (Lipinski definition) is 1. The summed E-state index contributed by atoms with van der Waals surface area (Å²) in [5.41, 5.74) is 2.46. The number of amides is 2. The summed E-state index contributed by atoms with van der Waals surface area (Å²) in [6, 6.07) is 9.83. The Morgan fingerprint density at radius 2 is 2.17 bits per heavy atom. The molecule has 1 aromatic heterocycles. The predicted octanol–water partition coefficient (Wildman–Crippen LogP) is 2.73. The van der Waals surface area contributed by atoms with Crippen molar-refractivity contribution in [3.63, 3.8) is 0 Å². The SMILES string of the molecule is COCC(=O)N1CCc2c(sc(NC(=O)CCc3cccc(OC)c3)c2C#N)C1. The summed E-state index contributed by atoms with van der Waals surface area (Å²) in [7, 11) is 3.10. The van der Waals surface area contributed by atoms with E-state index in [9.17, 15) is 14.9 Å². The zero-order valence-corrected chi connectivity index (χ0v) is 17.3. The van der Waals surface area contributed by atoms with Crippen LogP contribution >= 0.6 is 11.3 Å². The van der Waals surface area contributed by atoms with Gasteiger partial charge >= 0.3 is 0 Å². The van der Waals surface area contributed by atoms with Crippen LogP contribution in [0.5, 0.6) is 5.75 Å². The first-order valence-electron chi connectivity index (χ1n) is 9.29. The number of nitrogens with zero attached hydrogens (tertiary/aromatic N) is 2. The summed E-state index contributed by atoms with van der Waals surface area (Å²) in [5.74, 6) is 0.539. The van der Waals surface area contributed by atoms with Crippen LogP contribution in [0.25, 0.3) is 0 Å². The number of carbonyl (C=O) groups excluding carboxylic acids is 2. The molecule has 2 heterocycles. The number of carbonyl (C=O) groups is 2. The van der Waals surface area contributed by atoms with Gasteiger partial charge in [-0.2, -0.15) is 5.26 Å². The van der Waals surface area contributed by atoms with Crippen LogP contribution in [-0.4, -0.2) is 44.1 Å². The van der Waals surface area contributed by atoms with E-state index in [2.05, 4.69) is 11.4 Å². The molecular formula is C21H23N3O4S. The van der Waals surface area contributed by atoms with E-state index in [0.717, 1.165) is 21.8 Å². The lowest BCUT2D eigenvalue weighted by Crippen LogP contribution is -2.37. The van der Waals surface area contributed by atoms with Gasteiger partial charge in [0.2, 0.25) is 11.8 Å². The zero-order valence-electron chi connectivity index (χ0n) is 16.5. The second-order valence-corrected chi connectivity index (χ2v) is 7.82. The van der Waals surface area contributed by atoms with E-state index >= 15 is 0 Å². The normalized spacial score (nSPS) is 12.8. The highest BCUT2D eigenvalue weighted by molar-refractivity contribution is 7.16. The van der Waals surface area contributed by atoms with Gasteiger partial charge in [0, 0.05) is 25.0 Å². The van der Waals surface area contributed by atoms with E-state index < -0.39 is 0 Å². The lowest BCUT2D eigenvalue weighted by molar-refractivity contribution is -0.136. The molecule has 0 bridgehead atoms. The molecule has 0 saturated heterocycles. The molecule has 1 aliphatic rings. The van der Waals surface area contributed by atoms with Crippen molar-refractivity contribution in [2.75, 3.05) is 32.7 Å². The molecule has 0 spiro atoms. The molecule has 0 atom stereocenters. The number of hydrogen-bond acceptors (Lipinski definition) is 6. The summed E-state index contributed by atoms with van der Waals surface area (Å²) >= 11 is 1.37. The molecule has 152 valence electrons. The maximum absolute atomic E-state index is 12.5. The lowest BCUT2D eigenvalue weighted by Gasteiger charge is -2.26. The van der Waals surface area contributed by atoms with E-state index in [0.29, 0.717) is 42.9 Å². The lowest BCUT2D eigenvalue weighted by atomic mass is 10.0. The number of methoxy groups -OCH3 is 2. The summed E-state index contributed by atoms with van der Waals surface area (Å²) < 4.78 is 10.1. The fraction of sp³-hybridized carbons (Fsp3) is 0.381. The van der Waals surface area contributed by atoms with E-state index in [1.807, 2.05) is 24.3 Å². The molecule has 1 N–H and O–H groups in total. The Labute approximate surface area is 173 Å². The number of ether oxygens (including phenoxy) is 2. The molecular weight excluding hydrogens is 390 g/mol. The number of benzene rings is 1. The maximum Gasteiger partial charge on any atom is 0.248 e. The smallest absolute Gasteiger partial charge is 0.248 e. The van der Waals surface area contributed by atoms with Crippen LogP contribution in [-0.2, 0) is 33.7 Å². The first-order valence-corrected chi connectivity index (χ1v) is 10.1. The van der Waals surface area contributed by atoms with Gasteiger partial charge in [0.1, 0.15) is 23.4 Å². The average molecular weight is 413 g/mol. The third-order valence-electron chi connectivity index (χ3n) is 4.82. The van der Waals surface area contributed by atoms with E-state index in [1.54, 1.807) is 12.0 Å². The molecule has 3 rings (SSSR count). The summed E-state index contributed by atoms with van der Waals surface area (Å²) in [6.45, 7) is 1.03. The first-order chi connectivity index (χ1) is 14.0. The highest BCUT2D eigenvalue weighted by Crippen LogP contribution is 2.36. The average Bonchev–Trinajstić information content (AvgIpc) is 3.08. The standard InChI is InChI=1S/C21H23N3O4S/c1-27-13-20(26)24-9-8-16-17(11-22)21(29-18(16)12-24)23-19(25)7-6-14-4-3-5-15(10-14)28-2/h3-5,10H,6-9,12-13H2,1-2H3,(H,23,25). The summed E-state index contributed by atoms with van der Waals surface area (Å²) in [5, 5.41) is 13.0. The topological polar surface area (TPSA) is 91.7 Å². The molecule has 0 aliphatic carbocycles. The largest absolute Gasteiger partial charge is 0.497 e. The van der Waals surface area contributed by atoms with Crippen LogP contribution in [0, 0.1) is 11.3 Å². The molecule has 1 aliphatic heterocycles. The van der Waals surface area contributed by atoms with Crippen LogP contribution in [0.3, 0.4) is 0 Å². The van der Waals surface area contributed by atoms with Crippen molar-refractivity contribution < 1.29 is 19.1 Å². The zero-order chi connectivity index (χ0) is 20.8. The molecule has 29 heavy (non-hydrogen) atoms. The number of rotatable bonds is 7. The Hall–Kier alpha value is -2.89. The van der Waals surface area contributed by atoms with E-state index in [1.165, 1.54) is 18.4 Å². The minimum absolute atomic E-state index is 0.0413. The molecule has 2 amide bonds. The monoisotopic (exact) mass is 413 g/mol. The molecule has 1 aromatic carbocycles. The molecule has 0 fully saturated rings. The second kappa shape index (κ2) is 9.54. The van der Waals surface area contributed by atoms with Crippen molar-refractivity contribution in [2.24, 2.45) is 0 Å². The van der Waals surface area contributed by atoms with Gasteiger partial charge < -0.3 is 19.7 Å². The van der Waals surface area contributed by atoms with Crippen LogP contribution in [0.2, 0.25) is 0 Å². The summed E-state index contributed by atoms with van der Waals surface area (Å²) in [4.78, 5) is 27.2. The van der Waals surface area contributed by atoms with Crippen molar-refractivity contribution in [1.29, 1.82) is 5.26 Å².